The lowest BCUT2D eigenvalue weighted by Crippen LogP contribution is -2.49. The van der Waals surface area contributed by atoms with Gasteiger partial charge in [0.15, 0.2) is 5.58 Å². The molecule has 1 saturated carbocycles. The number of oxazole rings is 1. The number of carbonyl (C=O) groups is 1. The third-order valence-corrected chi connectivity index (χ3v) is 5.55. The Morgan fingerprint density at radius 1 is 1.19 bits per heavy atom. The van der Waals surface area contributed by atoms with Crippen molar-refractivity contribution in [3.05, 3.63) is 46.9 Å². The van der Waals surface area contributed by atoms with Gasteiger partial charge in [0.2, 0.25) is 5.91 Å². The van der Waals surface area contributed by atoms with Gasteiger partial charge in [-0.3, -0.25) is 9.69 Å². The Morgan fingerprint density at radius 2 is 2.00 bits per heavy atom. The molecule has 2 aliphatic rings. The van der Waals surface area contributed by atoms with E-state index >= 15 is 0 Å². The van der Waals surface area contributed by atoms with Crippen molar-refractivity contribution in [2.75, 3.05) is 16.3 Å². The second-order valence-electron chi connectivity index (χ2n) is 7.04. The van der Waals surface area contributed by atoms with Gasteiger partial charge in [-0.1, -0.05) is 28.1 Å². The highest BCUT2D eigenvalue weighted by Crippen LogP contribution is 2.44. The van der Waals surface area contributed by atoms with Crippen LogP contribution in [0.1, 0.15) is 19.8 Å². The molecule has 6 heteroatoms. The molecule has 1 aliphatic heterocycles. The SMILES string of the molecule is CC1CN(c2nc3ccccc3o2)c2cc(Br)ccc2N1C(=O)C1CC1. The van der Waals surface area contributed by atoms with Gasteiger partial charge < -0.3 is 9.32 Å². The van der Waals surface area contributed by atoms with E-state index in [4.69, 9.17) is 4.42 Å². The molecule has 1 aromatic heterocycles. The van der Waals surface area contributed by atoms with Gasteiger partial charge >= 0.3 is 6.01 Å². The van der Waals surface area contributed by atoms with Crippen LogP contribution in [0.2, 0.25) is 0 Å². The molecule has 1 aliphatic carbocycles. The molecule has 1 fully saturated rings. The van der Waals surface area contributed by atoms with Gasteiger partial charge in [0, 0.05) is 16.9 Å². The number of para-hydroxylation sites is 2. The maximum atomic E-state index is 12.9. The second-order valence-corrected chi connectivity index (χ2v) is 7.96. The average molecular weight is 412 g/mol. The summed E-state index contributed by atoms with van der Waals surface area (Å²) in [6.07, 6.45) is 2.01. The van der Waals surface area contributed by atoms with E-state index in [9.17, 15) is 4.79 Å². The van der Waals surface area contributed by atoms with E-state index in [0.29, 0.717) is 12.6 Å². The normalized spacial score (nSPS) is 19.7. The highest BCUT2D eigenvalue weighted by atomic mass is 79.9. The molecule has 0 radical (unpaired) electrons. The summed E-state index contributed by atoms with van der Waals surface area (Å²) in [5.41, 5.74) is 3.47. The first-order valence-electron chi connectivity index (χ1n) is 8.87. The molecule has 3 aromatic rings. The molecule has 0 N–H and O–H groups in total. The number of hydrogen-bond donors (Lipinski definition) is 0. The van der Waals surface area contributed by atoms with Crippen LogP contribution in [0.25, 0.3) is 11.1 Å². The molecule has 0 bridgehead atoms. The Kier molecular flexibility index (Phi) is 3.57. The van der Waals surface area contributed by atoms with Gasteiger partial charge in [-0.2, -0.15) is 4.98 Å². The van der Waals surface area contributed by atoms with Crippen molar-refractivity contribution in [3.63, 3.8) is 0 Å². The number of carbonyl (C=O) groups excluding carboxylic acids is 1. The van der Waals surface area contributed by atoms with E-state index < -0.39 is 0 Å². The minimum Gasteiger partial charge on any atom is -0.423 e. The molecule has 0 spiro atoms. The van der Waals surface area contributed by atoms with E-state index in [1.54, 1.807) is 0 Å². The smallest absolute Gasteiger partial charge is 0.303 e. The third-order valence-electron chi connectivity index (χ3n) is 5.05. The van der Waals surface area contributed by atoms with Gasteiger partial charge in [0.05, 0.1) is 17.4 Å². The summed E-state index contributed by atoms with van der Waals surface area (Å²) in [6.45, 7) is 2.73. The predicted molar refractivity (Wildman–Crippen MR) is 105 cm³/mol. The van der Waals surface area contributed by atoms with Gasteiger partial charge in [-0.15, -0.1) is 0 Å². The summed E-state index contributed by atoms with van der Waals surface area (Å²) in [6, 6.07) is 14.4. The van der Waals surface area contributed by atoms with Gasteiger partial charge in [0.25, 0.3) is 0 Å². The predicted octanol–water partition coefficient (Wildman–Crippen LogP) is 4.87. The number of aromatic nitrogens is 1. The average Bonchev–Trinajstić information content (AvgIpc) is 3.39. The first-order valence-corrected chi connectivity index (χ1v) is 9.67. The highest BCUT2D eigenvalue weighted by molar-refractivity contribution is 9.10. The summed E-state index contributed by atoms with van der Waals surface area (Å²) in [4.78, 5) is 21.5. The minimum absolute atomic E-state index is 0.0480. The quantitative estimate of drug-likeness (QED) is 0.603. The molecule has 2 heterocycles. The van der Waals surface area contributed by atoms with Crippen molar-refractivity contribution in [1.82, 2.24) is 4.98 Å². The topological polar surface area (TPSA) is 49.6 Å². The summed E-state index contributed by atoms with van der Waals surface area (Å²) in [5.74, 6) is 0.420. The Balaban J connectivity index is 1.63. The number of anilines is 3. The van der Waals surface area contributed by atoms with Crippen LogP contribution in [0.4, 0.5) is 17.4 Å². The van der Waals surface area contributed by atoms with Crippen molar-refractivity contribution >= 4 is 50.3 Å². The molecule has 26 heavy (non-hydrogen) atoms. The number of rotatable bonds is 2. The van der Waals surface area contributed by atoms with Crippen LogP contribution in [0.5, 0.6) is 0 Å². The van der Waals surface area contributed by atoms with E-state index in [0.717, 1.165) is 39.8 Å². The third kappa shape index (κ3) is 2.51. The molecular weight excluding hydrogens is 394 g/mol. The van der Waals surface area contributed by atoms with Crippen LogP contribution in [-0.2, 0) is 4.79 Å². The number of benzene rings is 2. The molecular formula is C20H18BrN3O2. The van der Waals surface area contributed by atoms with Crippen LogP contribution >= 0.6 is 15.9 Å². The number of hydrogen-bond acceptors (Lipinski definition) is 4. The minimum atomic E-state index is 0.0480. The number of nitrogens with zero attached hydrogens (tertiary/aromatic N) is 3. The summed E-state index contributed by atoms with van der Waals surface area (Å²) in [7, 11) is 0. The van der Waals surface area contributed by atoms with Crippen molar-refractivity contribution in [3.8, 4) is 0 Å². The fraction of sp³-hybridized carbons (Fsp3) is 0.300. The van der Waals surface area contributed by atoms with Crippen molar-refractivity contribution < 1.29 is 9.21 Å². The standard InChI is InChI=1S/C20H18BrN3O2/c1-12-11-23(20-22-15-4-2-3-5-18(15)26-20)17-10-14(21)8-9-16(17)24(12)19(25)13-6-7-13/h2-5,8-10,12-13H,6-7,11H2,1H3. The lowest BCUT2D eigenvalue weighted by Gasteiger charge is -2.40. The molecule has 1 atom stereocenters. The Hall–Kier alpha value is -2.34. The Morgan fingerprint density at radius 3 is 2.77 bits per heavy atom. The van der Waals surface area contributed by atoms with E-state index in [2.05, 4.69) is 32.7 Å². The lowest BCUT2D eigenvalue weighted by molar-refractivity contribution is -0.120. The molecule has 2 aromatic carbocycles. The zero-order valence-electron chi connectivity index (χ0n) is 14.4. The summed E-state index contributed by atoms with van der Waals surface area (Å²) < 4.78 is 6.97. The maximum Gasteiger partial charge on any atom is 0.303 e. The fourth-order valence-electron chi connectivity index (χ4n) is 3.62. The number of fused-ring (bicyclic) bond motifs is 2. The fourth-order valence-corrected chi connectivity index (χ4v) is 3.97. The largest absolute Gasteiger partial charge is 0.423 e. The van der Waals surface area contributed by atoms with Crippen LogP contribution in [0, 0.1) is 5.92 Å². The van der Waals surface area contributed by atoms with E-state index in [1.165, 1.54) is 0 Å². The van der Waals surface area contributed by atoms with E-state index in [-0.39, 0.29) is 17.9 Å². The van der Waals surface area contributed by atoms with Crippen LogP contribution in [-0.4, -0.2) is 23.5 Å². The van der Waals surface area contributed by atoms with Gasteiger partial charge in [-0.25, -0.2) is 0 Å². The first kappa shape index (κ1) is 15.9. The lowest BCUT2D eigenvalue weighted by atomic mass is 10.1. The monoisotopic (exact) mass is 411 g/mol. The van der Waals surface area contributed by atoms with Crippen molar-refractivity contribution in [2.45, 2.75) is 25.8 Å². The summed E-state index contributed by atoms with van der Waals surface area (Å²) >= 11 is 3.56. The van der Waals surface area contributed by atoms with Crippen LogP contribution < -0.4 is 9.80 Å². The van der Waals surface area contributed by atoms with Gasteiger partial charge in [-0.05, 0) is 50.1 Å². The Labute approximate surface area is 159 Å². The van der Waals surface area contributed by atoms with Gasteiger partial charge in [0.1, 0.15) is 5.52 Å². The molecule has 1 unspecified atom stereocenters. The first-order chi connectivity index (χ1) is 12.6. The van der Waals surface area contributed by atoms with Crippen molar-refractivity contribution in [2.24, 2.45) is 5.92 Å². The molecule has 132 valence electrons. The molecule has 0 saturated heterocycles. The number of halogens is 1. The maximum absolute atomic E-state index is 12.9. The summed E-state index contributed by atoms with van der Waals surface area (Å²) in [5, 5.41) is 0. The Bertz CT molecular complexity index is 978. The second kappa shape index (κ2) is 5.84. The molecule has 1 amide bonds. The highest BCUT2D eigenvalue weighted by Gasteiger charge is 2.40. The van der Waals surface area contributed by atoms with Crippen molar-refractivity contribution in [1.29, 1.82) is 0 Å². The van der Waals surface area contributed by atoms with Crippen LogP contribution in [0.3, 0.4) is 0 Å². The zero-order chi connectivity index (χ0) is 17.8. The van der Waals surface area contributed by atoms with Crippen LogP contribution in [0.15, 0.2) is 51.4 Å². The molecule has 5 nitrogen and oxygen atoms in total. The number of amides is 1. The molecule has 5 rings (SSSR count). The van der Waals surface area contributed by atoms with E-state index in [1.807, 2.05) is 47.4 Å². The zero-order valence-corrected chi connectivity index (χ0v) is 15.9.